The minimum absolute atomic E-state index is 0.126. The lowest BCUT2D eigenvalue weighted by Crippen LogP contribution is -2.29. The summed E-state index contributed by atoms with van der Waals surface area (Å²) < 4.78 is 22.0. The number of nitrogens with zero attached hydrogens (tertiary/aromatic N) is 6. The summed E-state index contributed by atoms with van der Waals surface area (Å²) in [5.74, 6) is 1.70. The van der Waals surface area contributed by atoms with E-state index >= 15 is 0 Å². The number of carbonyl (C=O) groups is 2. The molecule has 680 valence electrons. The summed E-state index contributed by atoms with van der Waals surface area (Å²) in [5, 5.41) is 42.0. The molecular weight excluding hydrogens is 1800 g/mol. The second-order valence-electron chi connectivity index (χ2n) is 36.7. The van der Waals surface area contributed by atoms with Crippen molar-refractivity contribution >= 4 is 154 Å². The molecule has 18 heteroatoms. The third-order valence-corrected chi connectivity index (χ3v) is 38.3. The number of hydrogen-bond acceptors (Lipinski definition) is 18. The summed E-state index contributed by atoms with van der Waals surface area (Å²) in [7, 11) is 0. The molecule has 0 bridgehead atoms. The molecular formula is C116H114N6O4S8. The standard InChI is InChI=1S/C116H114N6O4S8/c1-9-17-23-27-33-73-37-45-79(46-38-73)115(80-47-39-74(40-48-80)34-28-24-18-10-2)99-107-95(61-93(129-107)105-91(125-69-71(15-7)31-21-13-5)59-83(127-105)57-87-97(77(63-117)64-118)89-67-121-55-53-85(89)103(87)123)131-109(99)111-101(115)113-114(133-111)102-112(134-113)110-100(116(102,81-49-41-75(42-50-81)35-29-25-19-11-3)82-51-43-76(44-52-82)36-30-26-20-12-4)108-96(132-110)62-94(130-108)106-92(126-70-72(16-8)32-22-14-6)60-84(128-106)58-88-98(78(65-119)66-120)90-68-122-56-54-86(90)104(88)124/h37-62,67-68,71-72H,9-36,69-70H2,1-8H3/b87-57-,88-58-. The zero-order chi connectivity index (χ0) is 92.7. The molecule has 134 heavy (non-hydrogen) atoms. The van der Waals surface area contributed by atoms with Gasteiger partial charge >= 0.3 is 0 Å². The van der Waals surface area contributed by atoms with Crippen LogP contribution in [0, 0.1) is 57.2 Å². The third-order valence-electron chi connectivity index (χ3n) is 28.1. The van der Waals surface area contributed by atoms with Gasteiger partial charge in [-0.25, -0.2) is 0 Å². The normalized spacial score (nSPS) is 14.8. The number of aromatic nitrogens is 2. The van der Waals surface area contributed by atoms with Crippen LogP contribution in [0.2, 0.25) is 0 Å². The lowest BCUT2D eigenvalue weighted by Gasteiger charge is -2.34. The quantitative estimate of drug-likeness (QED) is 0.0203. The zero-order valence-electron chi connectivity index (χ0n) is 78.1. The van der Waals surface area contributed by atoms with Gasteiger partial charge in [0.05, 0.1) is 81.9 Å². The number of allylic oxidation sites excluding steroid dienone is 6. The van der Waals surface area contributed by atoms with Gasteiger partial charge in [-0.05, 0) is 169 Å². The van der Waals surface area contributed by atoms with Crippen LogP contribution >= 0.6 is 90.7 Å². The van der Waals surface area contributed by atoms with Gasteiger partial charge in [-0.2, -0.15) is 21.0 Å². The van der Waals surface area contributed by atoms with E-state index in [1.165, 1.54) is 192 Å². The molecule has 0 radical (unpaired) electrons. The van der Waals surface area contributed by atoms with Crippen LogP contribution in [-0.4, -0.2) is 34.7 Å². The van der Waals surface area contributed by atoms with Crippen LogP contribution in [0.1, 0.15) is 318 Å². The molecule has 10 aromatic heterocycles. The Kier molecular flexibility index (Phi) is 29.4. The van der Waals surface area contributed by atoms with E-state index in [-0.39, 0.29) is 22.7 Å². The molecule has 2 atom stereocenters. The Morgan fingerprint density at radius 1 is 0.358 bits per heavy atom. The number of unbranched alkanes of at least 4 members (excludes halogenated alkanes) is 14. The summed E-state index contributed by atoms with van der Waals surface area (Å²) in [4.78, 5) is 49.1. The van der Waals surface area contributed by atoms with E-state index < -0.39 is 10.8 Å². The van der Waals surface area contributed by atoms with Gasteiger partial charge in [-0.3, -0.25) is 19.6 Å². The first-order chi connectivity index (χ1) is 65.7. The average Bonchev–Trinajstić information content (AvgIpc) is 1.47. The average molecular weight is 1910 g/mol. The first-order valence-corrected chi connectivity index (χ1v) is 55.5. The molecule has 0 saturated carbocycles. The van der Waals surface area contributed by atoms with E-state index in [9.17, 15) is 30.6 Å². The van der Waals surface area contributed by atoms with Crippen molar-refractivity contribution in [3.05, 3.63) is 279 Å². The van der Waals surface area contributed by atoms with E-state index in [1.54, 1.807) is 59.6 Å². The number of fused-ring (bicyclic) bond motifs is 15. The van der Waals surface area contributed by atoms with Crippen LogP contribution in [0.15, 0.2) is 181 Å². The number of ether oxygens (including phenoxy) is 2. The van der Waals surface area contributed by atoms with Gasteiger partial charge in [0, 0.05) is 111 Å². The topological polar surface area (TPSA) is 174 Å². The first kappa shape index (κ1) is 93.8. The highest BCUT2D eigenvalue weighted by Gasteiger charge is 2.57. The summed E-state index contributed by atoms with van der Waals surface area (Å²) in [6, 6.07) is 60.5. The van der Waals surface area contributed by atoms with Crippen molar-refractivity contribution in [3.8, 4) is 74.8 Å². The van der Waals surface area contributed by atoms with Gasteiger partial charge in [0.15, 0.2) is 11.6 Å². The van der Waals surface area contributed by atoms with Gasteiger partial charge in [0.2, 0.25) is 0 Å². The molecule has 10 nitrogen and oxygen atoms in total. The van der Waals surface area contributed by atoms with E-state index in [1.807, 2.05) is 80.2 Å². The van der Waals surface area contributed by atoms with Crippen LogP contribution in [0.5, 0.6) is 11.5 Å². The summed E-state index contributed by atoms with van der Waals surface area (Å²) in [6.45, 7) is 19.3. The van der Waals surface area contributed by atoms with E-state index in [4.69, 9.17) is 9.47 Å². The number of Topliss-reactive ketones (excluding diaryl/α,β-unsaturated/α-hetero) is 2. The Morgan fingerprint density at radius 3 is 0.993 bits per heavy atom. The van der Waals surface area contributed by atoms with Gasteiger partial charge in [0.1, 0.15) is 46.9 Å². The second-order valence-corrected chi connectivity index (χ2v) is 45.1. The molecule has 10 heterocycles. The van der Waals surface area contributed by atoms with Crippen LogP contribution in [0.3, 0.4) is 0 Å². The summed E-state index contributed by atoms with van der Waals surface area (Å²) in [6.07, 6.45) is 41.5. The molecule has 14 aromatic rings. The molecule has 18 rings (SSSR count). The SMILES string of the molecule is CCCCCCc1ccc(C2(c3ccc(CCCCCC)cc3)c3c(sc4cc(-c5sc(/C=C6\C(=O)c7ccncc7C6=C(C#N)C#N)cc5OCC(CC)CCCC)sc34)-c3sc4c5c(sc4c32)-c2sc3cc(-c4sc(/C=C6\C(=O)c7ccncc7C6=C(C#N)C#N)cc4OCC(CC)CCCC)sc3c2C5(c2ccc(CCCCCC)cc2)c2ccc(CCCCCC)cc2)cc1. The molecule has 2 unspecified atom stereocenters. The fourth-order valence-electron chi connectivity index (χ4n) is 20.8. The number of ketones is 2. The Hall–Kier alpha value is -10.6. The predicted molar refractivity (Wildman–Crippen MR) is 566 cm³/mol. The monoisotopic (exact) mass is 1910 g/mol. The molecule has 0 aliphatic heterocycles. The van der Waals surface area contributed by atoms with Crippen molar-refractivity contribution < 1.29 is 19.1 Å². The molecule has 0 N–H and O–H groups in total. The van der Waals surface area contributed by atoms with Crippen LogP contribution in [0.25, 0.3) is 90.5 Å². The van der Waals surface area contributed by atoms with Crippen molar-refractivity contribution in [3.63, 3.8) is 0 Å². The highest BCUT2D eigenvalue weighted by Crippen LogP contribution is 2.73. The molecule has 4 aliphatic rings. The molecule has 0 amide bonds. The summed E-state index contributed by atoms with van der Waals surface area (Å²) >= 11 is 14.8. The molecule has 4 aliphatic carbocycles. The number of aryl methyl sites for hydroxylation is 4. The minimum atomic E-state index is -0.814. The molecule has 0 saturated heterocycles. The number of pyridine rings is 2. The Bertz CT molecular complexity index is 6490. The highest BCUT2D eigenvalue weighted by atomic mass is 32.1. The van der Waals surface area contributed by atoms with Crippen molar-refractivity contribution in [2.45, 2.75) is 246 Å². The van der Waals surface area contributed by atoms with Crippen molar-refractivity contribution in [1.29, 1.82) is 21.0 Å². The van der Waals surface area contributed by atoms with E-state index in [2.05, 4.69) is 211 Å². The van der Waals surface area contributed by atoms with Crippen molar-refractivity contribution in [2.24, 2.45) is 11.8 Å². The number of benzene rings is 4. The second kappa shape index (κ2) is 41.9. The van der Waals surface area contributed by atoms with Gasteiger partial charge < -0.3 is 9.47 Å². The van der Waals surface area contributed by atoms with E-state index in [0.717, 1.165) is 143 Å². The first-order valence-electron chi connectivity index (χ1n) is 48.9. The number of rotatable bonds is 42. The van der Waals surface area contributed by atoms with Crippen LogP contribution in [0.4, 0.5) is 0 Å². The van der Waals surface area contributed by atoms with Crippen LogP contribution in [-0.2, 0) is 36.5 Å². The molecule has 4 aromatic carbocycles. The molecule has 0 fully saturated rings. The van der Waals surface area contributed by atoms with Crippen molar-refractivity contribution in [1.82, 2.24) is 9.97 Å². The lowest BCUT2D eigenvalue weighted by atomic mass is 9.67. The third kappa shape index (κ3) is 17.5. The maximum Gasteiger partial charge on any atom is 0.194 e. The van der Waals surface area contributed by atoms with E-state index in [0.29, 0.717) is 69.6 Å². The number of hydrogen-bond donors (Lipinski definition) is 0. The Balaban J connectivity index is 0.884. The molecule has 0 spiro atoms. The number of thiophene rings is 8. The van der Waals surface area contributed by atoms with Crippen LogP contribution < -0.4 is 9.47 Å². The predicted octanol–water partition coefficient (Wildman–Crippen LogP) is 34.3. The Labute approximate surface area is 821 Å². The van der Waals surface area contributed by atoms with Gasteiger partial charge in [-0.1, -0.05) is 268 Å². The largest absolute Gasteiger partial charge is 0.492 e. The zero-order valence-corrected chi connectivity index (χ0v) is 84.6. The fourth-order valence-corrected chi connectivity index (χ4v) is 32.0. The smallest absolute Gasteiger partial charge is 0.194 e. The van der Waals surface area contributed by atoms with Crippen molar-refractivity contribution in [2.75, 3.05) is 13.2 Å². The summed E-state index contributed by atoms with van der Waals surface area (Å²) in [5.41, 5.74) is 17.0. The maximum atomic E-state index is 14.7. The lowest BCUT2D eigenvalue weighted by molar-refractivity contribution is 0.103. The minimum Gasteiger partial charge on any atom is -0.492 e. The fraction of sp³-hybridized carbons (Fsp3) is 0.362. The highest BCUT2D eigenvalue weighted by molar-refractivity contribution is 7.38. The Morgan fingerprint density at radius 2 is 0.679 bits per heavy atom. The van der Waals surface area contributed by atoms with Gasteiger partial charge in [0.25, 0.3) is 0 Å². The maximum absolute atomic E-state index is 14.7. The van der Waals surface area contributed by atoms with Gasteiger partial charge in [-0.15, -0.1) is 90.7 Å². The number of nitriles is 4. The number of carbonyl (C=O) groups excluding carboxylic acids is 2.